The van der Waals surface area contributed by atoms with Crippen LogP contribution in [0.5, 0.6) is 5.75 Å². The molecule has 1 atom stereocenters. The Hall–Kier alpha value is -1.59. The highest BCUT2D eigenvalue weighted by atomic mass is 16.5. The van der Waals surface area contributed by atoms with Gasteiger partial charge in [0.1, 0.15) is 18.5 Å². The fourth-order valence-corrected chi connectivity index (χ4v) is 1.62. The van der Waals surface area contributed by atoms with Gasteiger partial charge in [-0.05, 0) is 30.5 Å². The second-order valence-corrected chi connectivity index (χ2v) is 5.04. The lowest BCUT2D eigenvalue weighted by Gasteiger charge is -2.15. The van der Waals surface area contributed by atoms with Crippen molar-refractivity contribution in [3.63, 3.8) is 0 Å². The van der Waals surface area contributed by atoms with Crippen LogP contribution in [-0.4, -0.2) is 36.4 Å². The molecule has 5 nitrogen and oxygen atoms in total. The SMILES string of the molecule is CC(C)NCC(O)COc1ccc(CCC(=O)[O-])cc1. The van der Waals surface area contributed by atoms with E-state index in [9.17, 15) is 15.0 Å². The van der Waals surface area contributed by atoms with E-state index >= 15 is 0 Å². The Balaban J connectivity index is 2.32. The van der Waals surface area contributed by atoms with E-state index in [0.29, 0.717) is 24.8 Å². The number of carbonyl (C=O) groups is 1. The molecule has 0 heterocycles. The molecule has 112 valence electrons. The smallest absolute Gasteiger partial charge is 0.119 e. The molecule has 0 aliphatic carbocycles. The summed E-state index contributed by atoms with van der Waals surface area (Å²) < 4.78 is 5.46. The molecule has 1 rings (SSSR count). The van der Waals surface area contributed by atoms with E-state index in [1.54, 1.807) is 12.1 Å². The zero-order valence-electron chi connectivity index (χ0n) is 12.0. The number of aliphatic hydroxyl groups is 1. The molecule has 0 spiro atoms. The normalized spacial score (nSPS) is 12.4. The average Bonchev–Trinajstić information content (AvgIpc) is 2.41. The Bertz CT molecular complexity index is 403. The first kappa shape index (κ1) is 16.5. The van der Waals surface area contributed by atoms with Crippen LogP contribution in [0.2, 0.25) is 0 Å². The molecule has 0 aromatic heterocycles. The number of carbonyl (C=O) groups excluding carboxylic acids is 1. The largest absolute Gasteiger partial charge is 0.550 e. The van der Waals surface area contributed by atoms with Gasteiger partial charge in [0, 0.05) is 18.6 Å². The molecule has 0 radical (unpaired) electrons. The van der Waals surface area contributed by atoms with Gasteiger partial charge in [-0.25, -0.2) is 0 Å². The molecule has 1 aromatic carbocycles. The van der Waals surface area contributed by atoms with E-state index in [-0.39, 0.29) is 13.0 Å². The number of rotatable bonds is 9. The third-order valence-electron chi connectivity index (χ3n) is 2.75. The number of carboxylic acid groups (broad SMARTS) is 1. The zero-order chi connectivity index (χ0) is 15.0. The van der Waals surface area contributed by atoms with Gasteiger partial charge in [-0.1, -0.05) is 26.0 Å². The molecule has 0 saturated carbocycles. The van der Waals surface area contributed by atoms with Gasteiger partial charge in [-0.3, -0.25) is 0 Å². The summed E-state index contributed by atoms with van der Waals surface area (Å²) in [5.41, 5.74) is 0.920. The maximum absolute atomic E-state index is 10.4. The number of nitrogens with one attached hydrogen (secondary N) is 1. The predicted molar refractivity (Wildman–Crippen MR) is 74.4 cm³/mol. The summed E-state index contributed by atoms with van der Waals surface area (Å²) in [5, 5.41) is 23.2. The maximum Gasteiger partial charge on any atom is 0.119 e. The summed E-state index contributed by atoms with van der Waals surface area (Å²) in [6, 6.07) is 7.50. The monoisotopic (exact) mass is 280 g/mol. The lowest BCUT2D eigenvalue weighted by atomic mass is 10.1. The van der Waals surface area contributed by atoms with Crippen molar-refractivity contribution in [1.29, 1.82) is 0 Å². The summed E-state index contributed by atoms with van der Waals surface area (Å²) in [7, 11) is 0. The van der Waals surface area contributed by atoms with Crippen LogP contribution < -0.4 is 15.2 Å². The summed E-state index contributed by atoms with van der Waals surface area (Å²) in [4.78, 5) is 10.4. The molecule has 5 heteroatoms. The molecule has 0 fully saturated rings. The van der Waals surface area contributed by atoms with E-state index < -0.39 is 12.1 Å². The van der Waals surface area contributed by atoms with Gasteiger partial charge in [0.2, 0.25) is 0 Å². The molecule has 20 heavy (non-hydrogen) atoms. The van der Waals surface area contributed by atoms with E-state index in [1.807, 2.05) is 26.0 Å². The Morgan fingerprint density at radius 2 is 2.00 bits per heavy atom. The third-order valence-corrected chi connectivity index (χ3v) is 2.75. The standard InChI is InChI=1S/C15H23NO4/c1-11(2)16-9-13(17)10-20-14-6-3-12(4-7-14)5-8-15(18)19/h3-4,6-7,11,13,16-17H,5,8-10H2,1-2H3,(H,18,19)/p-1. The molecular weight excluding hydrogens is 258 g/mol. The second kappa shape index (κ2) is 8.55. The summed E-state index contributed by atoms with van der Waals surface area (Å²) in [5.74, 6) is -0.392. The zero-order valence-corrected chi connectivity index (χ0v) is 12.0. The quantitative estimate of drug-likeness (QED) is 0.671. The van der Waals surface area contributed by atoms with Crippen LogP contribution >= 0.6 is 0 Å². The van der Waals surface area contributed by atoms with Crippen LogP contribution in [0.1, 0.15) is 25.8 Å². The highest BCUT2D eigenvalue weighted by Gasteiger charge is 2.06. The van der Waals surface area contributed by atoms with Crippen LogP contribution in [-0.2, 0) is 11.2 Å². The van der Waals surface area contributed by atoms with E-state index in [2.05, 4.69) is 5.32 Å². The number of aryl methyl sites for hydroxylation is 1. The Kier molecular flexibility index (Phi) is 7.04. The number of aliphatic carboxylic acids is 1. The lowest BCUT2D eigenvalue weighted by Crippen LogP contribution is -2.35. The maximum atomic E-state index is 10.4. The van der Waals surface area contributed by atoms with Crippen molar-refractivity contribution in [2.24, 2.45) is 0 Å². The molecule has 1 aromatic rings. The van der Waals surface area contributed by atoms with Crippen LogP contribution in [0, 0.1) is 0 Å². The molecule has 2 N–H and O–H groups in total. The molecule has 0 aliphatic rings. The Morgan fingerprint density at radius 1 is 1.35 bits per heavy atom. The van der Waals surface area contributed by atoms with Crippen molar-refractivity contribution in [3.05, 3.63) is 29.8 Å². The van der Waals surface area contributed by atoms with E-state index in [0.717, 1.165) is 5.56 Å². The Labute approximate surface area is 119 Å². The van der Waals surface area contributed by atoms with Crippen molar-refractivity contribution in [2.75, 3.05) is 13.2 Å². The first-order valence-electron chi connectivity index (χ1n) is 6.80. The third kappa shape index (κ3) is 7.11. The van der Waals surface area contributed by atoms with Gasteiger partial charge >= 0.3 is 0 Å². The number of aliphatic hydroxyl groups excluding tert-OH is 1. The van der Waals surface area contributed by atoms with Crippen molar-refractivity contribution >= 4 is 5.97 Å². The molecule has 0 bridgehead atoms. The van der Waals surface area contributed by atoms with Crippen LogP contribution in [0.3, 0.4) is 0 Å². The van der Waals surface area contributed by atoms with E-state index in [1.165, 1.54) is 0 Å². The van der Waals surface area contributed by atoms with Crippen molar-refractivity contribution in [3.8, 4) is 5.75 Å². The highest BCUT2D eigenvalue weighted by Crippen LogP contribution is 2.13. The van der Waals surface area contributed by atoms with Crippen LogP contribution in [0.25, 0.3) is 0 Å². The van der Waals surface area contributed by atoms with Gasteiger partial charge in [0.05, 0.1) is 0 Å². The number of benzene rings is 1. The summed E-state index contributed by atoms with van der Waals surface area (Å²) in [6.45, 7) is 4.73. The first-order chi connectivity index (χ1) is 9.47. The topological polar surface area (TPSA) is 81.6 Å². The van der Waals surface area contributed by atoms with Crippen molar-refractivity contribution < 1.29 is 19.7 Å². The molecule has 1 unspecified atom stereocenters. The van der Waals surface area contributed by atoms with Gasteiger partial charge < -0.3 is 25.1 Å². The minimum atomic E-state index is -1.05. The minimum absolute atomic E-state index is 0.0137. The number of carboxylic acids is 1. The molecule has 0 saturated heterocycles. The molecular formula is C15H22NO4-. The number of ether oxygens (including phenoxy) is 1. The molecule has 0 amide bonds. The molecule has 0 aliphatic heterocycles. The summed E-state index contributed by atoms with van der Waals surface area (Å²) in [6.07, 6.45) is -0.0984. The van der Waals surface area contributed by atoms with Gasteiger partial charge in [-0.2, -0.15) is 0 Å². The first-order valence-corrected chi connectivity index (χ1v) is 6.80. The summed E-state index contributed by atoms with van der Waals surface area (Å²) >= 11 is 0. The average molecular weight is 280 g/mol. The number of hydrogen-bond acceptors (Lipinski definition) is 5. The van der Waals surface area contributed by atoms with Gasteiger partial charge in [0.15, 0.2) is 0 Å². The number of hydrogen-bond donors (Lipinski definition) is 2. The fraction of sp³-hybridized carbons (Fsp3) is 0.533. The highest BCUT2D eigenvalue weighted by molar-refractivity contribution is 5.64. The minimum Gasteiger partial charge on any atom is -0.550 e. The van der Waals surface area contributed by atoms with Crippen LogP contribution in [0.4, 0.5) is 0 Å². The Morgan fingerprint density at radius 3 is 2.55 bits per heavy atom. The van der Waals surface area contributed by atoms with Gasteiger partial charge in [-0.15, -0.1) is 0 Å². The van der Waals surface area contributed by atoms with Crippen molar-refractivity contribution in [1.82, 2.24) is 5.32 Å². The van der Waals surface area contributed by atoms with Crippen molar-refractivity contribution in [2.45, 2.75) is 38.8 Å². The predicted octanol–water partition coefficient (Wildman–Crippen LogP) is 0.107. The van der Waals surface area contributed by atoms with E-state index in [4.69, 9.17) is 4.74 Å². The lowest BCUT2D eigenvalue weighted by molar-refractivity contribution is -0.305. The van der Waals surface area contributed by atoms with Gasteiger partial charge in [0.25, 0.3) is 0 Å². The second-order valence-electron chi connectivity index (χ2n) is 5.04. The van der Waals surface area contributed by atoms with Crippen LogP contribution in [0.15, 0.2) is 24.3 Å². The fourth-order valence-electron chi connectivity index (χ4n) is 1.62.